The number of aliphatic hydroxyl groups is 1. The lowest BCUT2D eigenvalue weighted by atomic mass is 9.97. The second-order valence-electron chi connectivity index (χ2n) is 14.4. The molecule has 3 N–H and O–H groups in total. The van der Waals surface area contributed by atoms with Crippen LogP contribution in [0.15, 0.2) is 115 Å². The number of nitrogens with zero attached hydrogens (tertiary/aromatic N) is 1. The molecule has 1 fully saturated rings. The van der Waals surface area contributed by atoms with Crippen molar-refractivity contribution in [2.75, 3.05) is 20.1 Å². The topological polar surface area (TPSA) is 100 Å². The minimum atomic E-state index is -0.558. The number of carbonyl (C=O) groups excluding carboxylic acids is 2. The maximum Gasteiger partial charge on any atom is 0.220 e. The number of nitrogens with one attached hydrogen (secondary N) is 2. The van der Waals surface area contributed by atoms with E-state index in [-0.39, 0.29) is 36.7 Å². The van der Waals surface area contributed by atoms with Crippen molar-refractivity contribution >= 4 is 22.6 Å². The highest BCUT2D eigenvalue weighted by atomic mass is 16.7. The largest absolute Gasteiger partial charge is 0.392 e. The van der Waals surface area contributed by atoms with Gasteiger partial charge in [0.1, 0.15) is 0 Å². The molecule has 0 bridgehead atoms. The fraction of sp³-hybridized carbons (Fsp3) is 0.348. The van der Waals surface area contributed by atoms with Crippen molar-refractivity contribution in [3.05, 3.63) is 143 Å². The van der Waals surface area contributed by atoms with Crippen LogP contribution in [0.5, 0.6) is 0 Å². The van der Waals surface area contributed by atoms with E-state index in [0.717, 1.165) is 59.2 Å². The number of fused-ring (bicyclic) bond motifs is 1. The minimum absolute atomic E-state index is 0.00158. The molecule has 8 heteroatoms. The van der Waals surface area contributed by atoms with E-state index in [2.05, 4.69) is 108 Å². The SMILES string of the molecule is CC(=O)NCCCCCC(=O)NCc1ccccc1-c1ccc([C@@H]2O[C@H](CN(C)[C@H](C)c3ccc4ccccc4c3)C[C@H](c3ccc(CO)cc3)O2)cc1. The van der Waals surface area contributed by atoms with Gasteiger partial charge in [-0.15, -0.1) is 0 Å². The van der Waals surface area contributed by atoms with Gasteiger partial charge in [-0.1, -0.05) is 116 Å². The molecule has 1 aliphatic heterocycles. The summed E-state index contributed by atoms with van der Waals surface area (Å²) in [5, 5.41) is 18.0. The Morgan fingerprint density at radius 1 is 0.815 bits per heavy atom. The summed E-state index contributed by atoms with van der Waals surface area (Å²) in [6.45, 7) is 5.58. The summed E-state index contributed by atoms with van der Waals surface area (Å²) in [7, 11) is 2.16. The number of carbonyl (C=O) groups is 2. The number of likely N-dealkylation sites (N-methyl/N-ethyl adjacent to an activating group) is 1. The van der Waals surface area contributed by atoms with Crippen molar-refractivity contribution < 1.29 is 24.2 Å². The number of hydrogen-bond acceptors (Lipinski definition) is 6. The van der Waals surface area contributed by atoms with E-state index >= 15 is 0 Å². The van der Waals surface area contributed by atoms with Crippen molar-refractivity contribution in [1.82, 2.24) is 15.5 Å². The second kappa shape index (κ2) is 18.9. The zero-order chi connectivity index (χ0) is 37.9. The first-order valence-electron chi connectivity index (χ1n) is 19.2. The van der Waals surface area contributed by atoms with Crippen LogP contribution in [-0.4, -0.2) is 48.1 Å². The summed E-state index contributed by atoms with van der Waals surface area (Å²) >= 11 is 0. The zero-order valence-corrected chi connectivity index (χ0v) is 31.7. The first-order valence-corrected chi connectivity index (χ1v) is 19.2. The van der Waals surface area contributed by atoms with Crippen LogP contribution in [0.4, 0.5) is 0 Å². The lowest BCUT2D eigenvalue weighted by Crippen LogP contribution is -2.38. The van der Waals surface area contributed by atoms with Gasteiger partial charge >= 0.3 is 0 Å². The first-order chi connectivity index (χ1) is 26.3. The van der Waals surface area contributed by atoms with Gasteiger partial charge in [-0.05, 0) is 77.0 Å². The molecule has 0 unspecified atom stereocenters. The first kappa shape index (κ1) is 38.9. The molecule has 0 saturated carbocycles. The van der Waals surface area contributed by atoms with Crippen LogP contribution >= 0.6 is 0 Å². The Hall–Kier alpha value is -4.86. The third-order valence-corrected chi connectivity index (χ3v) is 10.5. The minimum Gasteiger partial charge on any atom is -0.392 e. The van der Waals surface area contributed by atoms with Crippen LogP contribution in [0.3, 0.4) is 0 Å². The molecule has 8 nitrogen and oxygen atoms in total. The van der Waals surface area contributed by atoms with E-state index in [9.17, 15) is 14.7 Å². The van der Waals surface area contributed by atoms with Crippen molar-refractivity contribution in [2.24, 2.45) is 0 Å². The number of aliphatic hydroxyl groups excluding tert-OH is 1. The van der Waals surface area contributed by atoms with Gasteiger partial charge in [0.2, 0.25) is 11.8 Å². The molecule has 0 spiro atoms. The van der Waals surface area contributed by atoms with Crippen LogP contribution < -0.4 is 10.6 Å². The van der Waals surface area contributed by atoms with Gasteiger partial charge in [0.25, 0.3) is 0 Å². The van der Waals surface area contributed by atoms with Crippen LogP contribution in [0.2, 0.25) is 0 Å². The number of amides is 2. The maximum absolute atomic E-state index is 12.6. The number of ether oxygens (including phenoxy) is 2. The molecular weight excluding hydrogens is 675 g/mol. The highest BCUT2D eigenvalue weighted by Crippen LogP contribution is 2.39. The van der Waals surface area contributed by atoms with Crippen molar-refractivity contribution in [3.8, 4) is 11.1 Å². The summed E-state index contributed by atoms with van der Waals surface area (Å²) in [6, 6.07) is 39.8. The molecule has 0 radical (unpaired) electrons. The summed E-state index contributed by atoms with van der Waals surface area (Å²) in [5.74, 6) is 0.00114. The number of benzene rings is 5. The van der Waals surface area contributed by atoms with Crippen molar-refractivity contribution in [3.63, 3.8) is 0 Å². The molecule has 0 aromatic heterocycles. The zero-order valence-electron chi connectivity index (χ0n) is 31.7. The van der Waals surface area contributed by atoms with Gasteiger partial charge in [-0.25, -0.2) is 0 Å². The average molecular weight is 728 g/mol. The highest BCUT2D eigenvalue weighted by molar-refractivity contribution is 5.83. The smallest absolute Gasteiger partial charge is 0.220 e. The number of unbranched alkanes of at least 4 members (excludes halogenated alkanes) is 2. The van der Waals surface area contributed by atoms with Gasteiger partial charge < -0.3 is 25.2 Å². The molecule has 2 amide bonds. The van der Waals surface area contributed by atoms with Gasteiger partial charge in [-0.2, -0.15) is 0 Å². The highest BCUT2D eigenvalue weighted by Gasteiger charge is 2.33. The molecule has 6 rings (SSSR count). The Morgan fingerprint density at radius 2 is 1.54 bits per heavy atom. The summed E-state index contributed by atoms with van der Waals surface area (Å²) < 4.78 is 13.4. The number of rotatable bonds is 16. The maximum atomic E-state index is 12.6. The van der Waals surface area contributed by atoms with Crippen molar-refractivity contribution in [1.29, 1.82) is 0 Å². The summed E-state index contributed by atoms with van der Waals surface area (Å²) in [4.78, 5) is 26.0. The summed E-state index contributed by atoms with van der Waals surface area (Å²) in [5.41, 5.74) is 7.30. The van der Waals surface area contributed by atoms with Gasteiger partial charge in [0, 0.05) is 51.0 Å². The monoisotopic (exact) mass is 727 g/mol. The lowest BCUT2D eigenvalue weighted by molar-refractivity contribution is -0.253. The molecule has 1 saturated heterocycles. The molecule has 54 heavy (non-hydrogen) atoms. The van der Waals surface area contributed by atoms with Crippen LogP contribution in [-0.2, 0) is 32.2 Å². The fourth-order valence-electron chi connectivity index (χ4n) is 7.14. The number of hydrogen-bond donors (Lipinski definition) is 3. The summed E-state index contributed by atoms with van der Waals surface area (Å²) in [6.07, 6.45) is 2.90. The molecular formula is C46H53N3O5. The predicted molar refractivity (Wildman–Crippen MR) is 214 cm³/mol. The molecule has 0 aliphatic carbocycles. The van der Waals surface area contributed by atoms with Crippen LogP contribution in [0, 0.1) is 0 Å². The van der Waals surface area contributed by atoms with E-state index in [1.165, 1.54) is 23.3 Å². The molecule has 5 aromatic rings. The van der Waals surface area contributed by atoms with Crippen molar-refractivity contribution in [2.45, 2.75) is 83.6 Å². The second-order valence-corrected chi connectivity index (χ2v) is 14.4. The molecule has 1 aliphatic rings. The van der Waals surface area contributed by atoms with E-state index in [1.807, 2.05) is 36.4 Å². The standard InChI is InChI=1S/C46H53N3O5/c1-32(39-25-20-35-11-6-7-12-40(35)27-39)49(3)30-42-28-44(37-18-16-34(31-50)17-19-37)54-46(53-42)38-23-21-36(22-24-38)43-14-9-8-13-41(43)29-48-45(52)15-5-4-10-26-47-33(2)51/h6-9,11-14,16-25,27,32,42,44,46,50H,4-5,10,15,26,28-31H2,1-3H3,(H,47,51)(H,48,52)/t32-,42+,44-,46-/m1/s1. The van der Waals surface area contributed by atoms with Gasteiger partial charge in [-0.3, -0.25) is 14.5 Å². The van der Waals surface area contributed by atoms with Gasteiger partial charge in [0.15, 0.2) is 6.29 Å². The molecule has 5 aromatic carbocycles. The molecule has 1 heterocycles. The Labute approximate surface area is 319 Å². The van der Waals surface area contributed by atoms with E-state index < -0.39 is 6.29 Å². The van der Waals surface area contributed by atoms with E-state index in [0.29, 0.717) is 25.9 Å². The van der Waals surface area contributed by atoms with Crippen LogP contribution in [0.25, 0.3) is 21.9 Å². The Balaban J connectivity index is 1.13. The Kier molecular flexibility index (Phi) is 13.6. The molecule has 4 atom stereocenters. The quantitative estimate of drug-likeness (QED) is 0.0882. The van der Waals surface area contributed by atoms with E-state index in [1.54, 1.807) is 0 Å². The molecule has 282 valence electrons. The Morgan fingerprint density at radius 3 is 2.30 bits per heavy atom. The fourth-order valence-corrected chi connectivity index (χ4v) is 7.14. The third-order valence-electron chi connectivity index (χ3n) is 10.5. The van der Waals surface area contributed by atoms with Crippen LogP contribution in [0.1, 0.15) is 92.2 Å². The van der Waals surface area contributed by atoms with Gasteiger partial charge in [0.05, 0.1) is 18.8 Å². The Bertz CT molecular complexity index is 1980. The average Bonchev–Trinajstić information content (AvgIpc) is 3.20. The lowest BCUT2D eigenvalue weighted by Gasteiger charge is -2.39. The third kappa shape index (κ3) is 10.4. The normalized spacial score (nSPS) is 17.7. The van der Waals surface area contributed by atoms with E-state index in [4.69, 9.17) is 9.47 Å². The predicted octanol–water partition coefficient (Wildman–Crippen LogP) is 8.55.